The van der Waals surface area contributed by atoms with Gasteiger partial charge in [-0.3, -0.25) is 4.79 Å². The Morgan fingerprint density at radius 3 is 2.65 bits per heavy atom. The molecule has 1 heterocycles. The van der Waals surface area contributed by atoms with E-state index in [1.165, 1.54) is 0 Å². The molecule has 4 heteroatoms. The SMILES string of the molecule is CC(C)(OC(=O)Cc1ccccc1O)C1CCNCC1. The lowest BCUT2D eigenvalue weighted by Crippen LogP contribution is -2.43. The van der Waals surface area contributed by atoms with Crippen LogP contribution in [0, 0.1) is 5.92 Å². The molecular weight excluding hydrogens is 254 g/mol. The number of ether oxygens (including phenoxy) is 1. The Kier molecular flexibility index (Phi) is 4.65. The van der Waals surface area contributed by atoms with Crippen molar-refractivity contribution in [1.82, 2.24) is 5.32 Å². The van der Waals surface area contributed by atoms with Crippen LogP contribution in [0.2, 0.25) is 0 Å². The smallest absolute Gasteiger partial charge is 0.310 e. The molecule has 0 saturated carbocycles. The average Bonchev–Trinajstić information content (AvgIpc) is 2.42. The molecule has 0 aromatic heterocycles. The minimum absolute atomic E-state index is 0.112. The molecule has 1 saturated heterocycles. The molecule has 0 aliphatic carbocycles. The second-order valence-electron chi connectivity index (χ2n) is 5.91. The summed E-state index contributed by atoms with van der Waals surface area (Å²) in [4.78, 5) is 12.1. The summed E-state index contributed by atoms with van der Waals surface area (Å²) in [7, 11) is 0. The highest BCUT2D eigenvalue weighted by Gasteiger charge is 2.34. The molecule has 0 radical (unpaired) electrons. The van der Waals surface area contributed by atoms with Crippen LogP contribution in [0.5, 0.6) is 5.75 Å². The van der Waals surface area contributed by atoms with Gasteiger partial charge in [0.05, 0.1) is 6.42 Å². The van der Waals surface area contributed by atoms with Crippen LogP contribution in [0.1, 0.15) is 32.3 Å². The van der Waals surface area contributed by atoms with E-state index in [2.05, 4.69) is 5.32 Å². The summed E-state index contributed by atoms with van der Waals surface area (Å²) in [5.41, 5.74) is 0.155. The Balaban J connectivity index is 1.94. The van der Waals surface area contributed by atoms with Gasteiger partial charge in [0.15, 0.2) is 0 Å². The highest BCUT2D eigenvalue weighted by molar-refractivity contribution is 5.74. The summed E-state index contributed by atoms with van der Waals surface area (Å²) in [5.74, 6) is 0.247. The number of para-hydroxylation sites is 1. The van der Waals surface area contributed by atoms with Crippen LogP contribution in [-0.4, -0.2) is 29.8 Å². The zero-order chi connectivity index (χ0) is 14.6. The van der Waals surface area contributed by atoms with Crippen LogP contribution < -0.4 is 5.32 Å². The third-order valence-electron chi connectivity index (χ3n) is 4.03. The predicted octanol–water partition coefficient (Wildman–Crippen LogP) is 2.26. The Morgan fingerprint density at radius 1 is 1.35 bits per heavy atom. The lowest BCUT2D eigenvalue weighted by Gasteiger charge is -2.36. The fourth-order valence-electron chi connectivity index (χ4n) is 2.75. The Bertz CT molecular complexity index is 465. The normalized spacial score (nSPS) is 16.9. The molecule has 0 spiro atoms. The first-order chi connectivity index (χ1) is 9.49. The quantitative estimate of drug-likeness (QED) is 0.829. The first-order valence-corrected chi connectivity index (χ1v) is 7.18. The second kappa shape index (κ2) is 6.27. The molecule has 1 aromatic carbocycles. The molecule has 20 heavy (non-hydrogen) atoms. The van der Waals surface area contributed by atoms with Crippen LogP contribution >= 0.6 is 0 Å². The molecule has 4 nitrogen and oxygen atoms in total. The number of aromatic hydroxyl groups is 1. The van der Waals surface area contributed by atoms with Gasteiger partial charge in [0.2, 0.25) is 0 Å². The number of rotatable bonds is 4. The van der Waals surface area contributed by atoms with E-state index in [4.69, 9.17) is 4.74 Å². The van der Waals surface area contributed by atoms with Gasteiger partial charge in [0, 0.05) is 11.5 Å². The zero-order valence-corrected chi connectivity index (χ0v) is 12.2. The predicted molar refractivity (Wildman–Crippen MR) is 77.6 cm³/mol. The molecule has 1 aliphatic rings. The van der Waals surface area contributed by atoms with Crippen molar-refractivity contribution >= 4 is 5.97 Å². The van der Waals surface area contributed by atoms with Gasteiger partial charge in [-0.2, -0.15) is 0 Å². The van der Waals surface area contributed by atoms with Gasteiger partial charge in [0.25, 0.3) is 0 Å². The Labute approximate surface area is 120 Å². The lowest BCUT2D eigenvalue weighted by molar-refractivity contribution is -0.161. The monoisotopic (exact) mass is 277 g/mol. The maximum Gasteiger partial charge on any atom is 0.310 e. The number of benzene rings is 1. The molecule has 0 bridgehead atoms. The summed E-state index contributed by atoms with van der Waals surface area (Å²) in [5, 5.41) is 13.0. The first kappa shape index (κ1) is 14.9. The van der Waals surface area contributed by atoms with Gasteiger partial charge >= 0.3 is 5.97 Å². The highest BCUT2D eigenvalue weighted by atomic mass is 16.6. The van der Waals surface area contributed by atoms with Crippen molar-refractivity contribution in [3.05, 3.63) is 29.8 Å². The van der Waals surface area contributed by atoms with E-state index < -0.39 is 5.60 Å². The van der Waals surface area contributed by atoms with Crippen molar-refractivity contribution in [2.24, 2.45) is 5.92 Å². The number of carbonyl (C=O) groups is 1. The Hall–Kier alpha value is -1.55. The van der Waals surface area contributed by atoms with E-state index in [-0.39, 0.29) is 18.1 Å². The van der Waals surface area contributed by atoms with Gasteiger partial charge < -0.3 is 15.2 Å². The van der Waals surface area contributed by atoms with Crippen LogP contribution in [0.4, 0.5) is 0 Å². The standard InChI is InChI=1S/C16H23NO3/c1-16(2,13-7-9-17-10-8-13)20-15(19)11-12-5-3-4-6-14(12)18/h3-6,13,17-18H,7-11H2,1-2H3. The van der Waals surface area contributed by atoms with Crippen molar-refractivity contribution in [2.45, 2.75) is 38.7 Å². The number of phenolic OH excluding ortho intramolecular Hbond substituents is 1. The van der Waals surface area contributed by atoms with E-state index >= 15 is 0 Å². The van der Waals surface area contributed by atoms with Crippen LogP contribution in [0.15, 0.2) is 24.3 Å². The topological polar surface area (TPSA) is 58.6 Å². The molecule has 2 N–H and O–H groups in total. The van der Waals surface area contributed by atoms with E-state index in [0.717, 1.165) is 25.9 Å². The molecule has 0 amide bonds. The van der Waals surface area contributed by atoms with Crippen molar-refractivity contribution in [3.63, 3.8) is 0 Å². The number of hydrogen-bond donors (Lipinski definition) is 2. The average molecular weight is 277 g/mol. The number of nitrogens with one attached hydrogen (secondary N) is 1. The van der Waals surface area contributed by atoms with E-state index in [1.807, 2.05) is 13.8 Å². The van der Waals surface area contributed by atoms with Gasteiger partial charge in [-0.1, -0.05) is 18.2 Å². The van der Waals surface area contributed by atoms with Crippen molar-refractivity contribution < 1.29 is 14.6 Å². The van der Waals surface area contributed by atoms with Gasteiger partial charge in [-0.25, -0.2) is 0 Å². The molecule has 0 atom stereocenters. The van der Waals surface area contributed by atoms with Crippen LogP contribution in [-0.2, 0) is 16.0 Å². The van der Waals surface area contributed by atoms with E-state index in [0.29, 0.717) is 11.5 Å². The third-order valence-corrected chi connectivity index (χ3v) is 4.03. The summed E-state index contributed by atoms with van der Waals surface area (Å²) < 4.78 is 5.66. The largest absolute Gasteiger partial charge is 0.508 e. The summed E-state index contributed by atoms with van der Waals surface area (Å²) in [6.07, 6.45) is 2.16. The van der Waals surface area contributed by atoms with E-state index in [9.17, 15) is 9.90 Å². The first-order valence-electron chi connectivity index (χ1n) is 7.18. The Morgan fingerprint density at radius 2 is 2.00 bits per heavy atom. The lowest BCUT2D eigenvalue weighted by atomic mass is 9.83. The fourth-order valence-corrected chi connectivity index (χ4v) is 2.75. The maximum atomic E-state index is 12.1. The molecule has 0 unspecified atom stereocenters. The minimum atomic E-state index is -0.455. The molecule has 1 aromatic rings. The molecular formula is C16H23NO3. The maximum absolute atomic E-state index is 12.1. The number of hydrogen-bond acceptors (Lipinski definition) is 4. The van der Waals surface area contributed by atoms with Gasteiger partial charge in [-0.05, 0) is 45.8 Å². The van der Waals surface area contributed by atoms with E-state index in [1.54, 1.807) is 24.3 Å². The fraction of sp³-hybridized carbons (Fsp3) is 0.562. The number of carbonyl (C=O) groups excluding carboxylic acids is 1. The zero-order valence-electron chi connectivity index (χ0n) is 12.2. The van der Waals surface area contributed by atoms with Gasteiger partial charge in [-0.15, -0.1) is 0 Å². The molecule has 110 valence electrons. The van der Waals surface area contributed by atoms with Gasteiger partial charge in [0.1, 0.15) is 11.4 Å². The number of piperidine rings is 1. The summed E-state index contributed by atoms with van der Waals surface area (Å²) in [6, 6.07) is 6.87. The second-order valence-corrected chi connectivity index (χ2v) is 5.91. The molecule has 1 fully saturated rings. The van der Waals surface area contributed by atoms with Crippen molar-refractivity contribution in [3.8, 4) is 5.75 Å². The number of esters is 1. The third kappa shape index (κ3) is 3.73. The highest BCUT2D eigenvalue weighted by Crippen LogP contribution is 2.29. The summed E-state index contributed by atoms with van der Waals surface area (Å²) in [6.45, 7) is 5.91. The van der Waals surface area contributed by atoms with Crippen molar-refractivity contribution in [2.75, 3.05) is 13.1 Å². The van der Waals surface area contributed by atoms with Crippen LogP contribution in [0.25, 0.3) is 0 Å². The minimum Gasteiger partial charge on any atom is -0.508 e. The van der Waals surface area contributed by atoms with Crippen molar-refractivity contribution in [1.29, 1.82) is 0 Å². The number of phenols is 1. The van der Waals surface area contributed by atoms with Crippen LogP contribution in [0.3, 0.4) is 0 Å². The molecule has 1 aliphatic heterocycles. The summed E-state index contributed by atoms with van der Waals surface area (Å²) >= 11 is 0. The molecule has 2 rings (SSSR count).